The number of benzene rings is 2. The predicted octanol–water partition coefficient (Wildman–Crippen LogP) is 3.59. The van der Waals surface area contributed by atoms with Crippen molar-refractivity contribution in [3.8, 4) is 0 Å². The van der Waals surface area contributed by atoms with E-state index in [0.29, 0.717) is 11.4 Å². The van der Waals surface area contributed by atoms with Gasteiger partial charge in [-0.25, -0.2) is 0 Å². The van der Waals surface area contributed by atoms with Gasteiger partial charge in [-0.1, -0.05) is 35.4 Å². The number of anilines is 2. The third kappa shape index (κ3) is 5.81. The van der Waals surface area contributed by atoms with Crippen molar-refractivity contribution in [2.45, 2.75) is 52.6 Å². The van der Waals surface area contributed by atoms with Crippen LogP contribution in [0.2, 0.25) is 0 Å². The van der Waals surface area contributed by atoms with E-state index >= 15 is 0 Å². The van der Waals surface area contributed by atoms with Gasteiger partial charge in [0.05, 0.1) is 40.2 Å². The van der Waals surface area contributed by atoms with Crippen molar-refractivity contribution in [3.63, 3.8) is 0 Å². The lowest BCUT2D eigenvalue weighted by atomic mass is 10.0. The van der Waals surface area contributed by atoms with E-state index in [4.69, 9.17) is 9.47 Å². The highest BCUT2D eigenvalue weighted by Crippen LogP contribution is 2.34. The Morgan fingerprint density at radius 3 is 1.41 bits per heavy atom. The normalized spacial score (nSPS) is 12.7. The largest absolute Gasteiger partial charge is 0.469 e. The van der Waals surface area contributed by atoms with E-state index in [-0.39, 0.29) is 50.6 Å². The molecule has 1 aliphatic heterocycles. The van der Waals surface area contributed by atoms with E-state index in [1.54, 1.807) is 9.80 Å². The van der Waals surface area contributed by atoms with Crippen molar-refractivity contribution in [1.29, 1.82) is 0 Å². The molecule has 2 aromatic carbocycles. The fourth-order valence-electron chi connectivity index (χ4n) is 4.06. The van der Waals surface area contributed by atoms with Gasteiger partial charge in [0.15, 0.2) is 0 Å². The molecule has 0 saturated heterocycles. The van der Waals surface area contributed by atoms with Gasteiger partial charge in [-0.15, -0.1) is 0 Å². The molecule has 0 unspecified atom stereocenters. The van der Waals surface area contributed by atoms with E-state index < -0.39 is 11.9 Å². The minimum absolute atomic E-state index is 0.00809. The van der Waals surface area contributed by atoms with Crippen LogP contribution in [0.3, 0.4) is 0 Å². The summed E-state index contributed by atoms with van der Waals surface area (Å²) in [5.74, 6) is -1.28. The minimum Gasteiger partial charge on any atom is -0.469 e. The molecule has 8 nitrogen and oxygen atoms in total. The van der Waals surface area contributed by atoms with Crippen molar-refractivity contribution in [3.05, 3.63) is 58.7 Å². The number of carbonyl (C=O) groups is 4. The lowest BCUT2D eigenvalue weighted by Crippen LogP contribution is -2.38. The summed E-state index contributed by atoms with van der Waals surface area (Å²) in [5.41, 5.74) is 4.99. The van der Waals surface area contributed by atoms with Crippen LogP contribution in [-0.4, -0.2) is 38.0 Å². The molecule has 180 valence electrons. The molecule has 0 fully saturated rings. The van der Waals surface area contributed by atoms with E-state index in [0.717, 1.165) is 22.3 Å². The number of rotatable bonds is 6. The van der Waals surface area contributed by atoms with Gasteiger partial charge in [0.2, 0.25) is 11.8 Å². The first kappa shape index (κ1) is 25.0. The maximum absolute atomic E-state index is 13.2. The number of amides is 2. The highest BCUT2D eigenvalue weighted by molar-refractivity contribution is 5.99. The number of hydrogen-bond donors (Lipinski definition) is 0. The summed E-state index contributed by atoms with van der Waals surface area (Å²) in [6.07, 6.45) is 0.0174. The van der Waals surface area contributed by atoms with E-state index in [2.05, 4.69) is 0 Å². The number of ether oxygens (including phenoxy) is 2. The average Bonchev–Trinajstić information content (AvgIpc) is 2.82. The second kappa shape index (κ2) is 11.0. The molecule has 0 aliphatic carbocycles. The van der Waals surface area contributed by atoms with Crippen LogP contribution in [0.5, 0.6) is 0 Å². The molecule has 0 radical (unpaired) electrons. The van der Waals surface area contributed by atoms with Crippen molar-refractivity contribution in [1.82, 2.24) is 0 Å². The molecular formula is C26H30N2O6. The molecule has 2 amide bonds. The molecule has 2 aromatic rings. The molecule has 0 atom stereocenters. The first-order valence-electron chi connectivity index (χ1n) is 11.2. The first-order chi connectivity index (χ1) is 16.2. The van der Waals surface area contributed by atoms with Crippen LogP contribution in [-0.2, 0) is 41.7 Å². The smallest absolute Gasteiger partial charge is 0.306 e. The number of esters is 2. The molecule has 1 aliphatic rings. The Balaban J connectivity index is 2.04. The van der Waals surface area contributed by atoms with Crippen LogP contribution in [0.4, 0.5) is 11.4 Å². The third-order valence-corrected chi connectivity index (χ3v) is 5.85. The monoisotopic (exact) mass is 466 g/mol. The highest BCUT2D eigenvalue weighted by Gasteiger charge is 2.29. The summed E-state index contributed by atoms with van der Waals surface area (Å²) in [6, 6.07) is 11.5. The van der Waals surface area contributed by atoms with Crippen LogP contribution >= 0.6 is 0 Å². The van der Waals surface area contributed by atoms with Crippen LogP contribution in [0.1, 0.15) is 47.9 Å². The SMILES string of the molecule is COC(=O)CCC(=O)N1Cc2cc(C)ccc2N(C(=O)CCC(=O)OC)Cc2cc(C)ccc21. The van der Waals surface area contributed by atoms with Gasteiger partial charge < -0.3 is 19.3 Å². The topological polar surface area (TPSA) is 93.2 Å². The Bertz CT molecular complexity index is 1020. The lowest BCUT2D eigenvalue weighted by Gasteiger charge is -2.34. The summed E-state index contributed by atoms with van der Waals surface area (Å²) in [5, 5.41) is 0. The highest BCUT2D eigenvalue weighted by atomic mass is 16.5. The molecule has 8 heteroatoms. The van der Waals surface area contributed by atoms with E-state index in [9.17, 15) is 19.2 Å². The quantitative estimate of drug-likeness (QED) is 0.604. The van der Waals surface area contributed by atoms with Gasteiger partial charge in [-0.3, -0.25) is 19.2 Å². The van der Waals surface area contributed by atoms with Gasteiger partial charge in [0.1, 0.15) is 0 Å². The molecular weight excluding hydrogens is 436 g/mol. The Morgan fingerprint density at radius 1 is 0.676 bits per heavy atom. The Hall–Kier alpha value is -3.68. The van der Waals surface area contributed by atoms with E-state index in [1.165, 1.54) is 14.2 Å². The average molecular weight is 467 g/mol. The zero-order chi connectivity index (χ0) is 24.8. The molecule has 0 aromatic heterocycles. The Morgan fingerprint density at radius 2 is 1.06 bits per heavy atom. The second-order valence-corrected chi connectivity index (χ2v) is 8.38. The van der Waals surface area contributed by atoms with Gasteiger partial charge >= 0.3 is 11.9 Å². The van der Waals surface area contributed by atoms with Crippen molar-refractivity contribution in [2.75, 3.05) is 24.0 Å². The summed E-state index contributed by atoms with van der Waals surface area (Å²) < 4.78 is 9.38. The second-order valence-electron chi connectivity index (χ2n) is 8.38. The van der Waals surface area contributed by atoms with Gasteiger partial charge in [0.25, 0.3) is 0 Å². The number of hydrogen-bond acceptors (Lipinski definition) is 6. The molecule has 0 bridgehead atoms. The Labute approximate surface area is 199 Å². The number of carbonyl (C=O) groups excluding carboxylic acids is 4. The van der Waals surface area contributed by atoms with Crippen LogP contribution in [0.15, 0.2) is 36.4 Å². The van der Waals surface area contributed by atoms with Crippen molar-refractivity contribution < 1.29 is 28.7 Å². The van der Waals surface area contributed by atoms with Gasteiger partial charge in [-0.2, -0.15) is 0 Å². The first-order valence-corrected chi connectivity index (χ1v) is 11.2. The van der Waals surface area contributed by atoms with Crippen LogP contribution in [0.25, 0.3) is 0 Å². The zero-order valence-corrected chi connectivity index (χ0v) is 20.1. The fourth-order valence-corrected chi connectivity index (χ4v) is 4.06. The van der Waals surface area contributed by atoms with Crippen LogP contribution in [0, 0.1) is 13.8 Å². The molecule has 0 saturated carbocycles. The van der Waals surface area contributed by atoms with Crippen molar-refractivity contribution >= 4 is 35.1 Å². The maximum Gasteiger partial charge on any atom is 0.306 e. The Kier molecular flexibility index (Phi) is 8.04. The van der Waals surface area contributed by atoms with E-state index in [1.807, 2.05) is 50.2 Å². The van der Waals surface area contributed by atoms with Gasteiger partial charge in [0, 0.05) is 24.2 Å². The minimum atomic E-state index is -0.442. The summed E-state index contributed by atoms with van der Waals surface area (Å²) in [7, 11) is 2.59. The van der Waals surface area contributed by atoms with Crippen molar-refractivity contribution in [2.24, 2.45) is 0 Å². The maximum atomic E-state index is 13.2. The number of fused-ring (bicyclic) bond motifs is 2. The molecule has 34 heavy (non-hydrogen) atoms. The number of methoxy groups -OCH3 is 2. The predicted molar refractivity (Wildman–Crippen MR) is 127 cm³/mol. The van der Waals surface area contributed by atoms with Gasteiger partial charge in [-0.05, 0) is 37.1 Å². The standard InChI is InChI=1S/C26H30N2O6/c1-17-5-7-21-19(13-17)15-27(23(29)9-11-25(31)33-3)22-8-6-18(2)14-20(22)16-28(21)24(30)10-12-26(32)34-4/h5-8,13-14H,9-12,15-16H2,1-4H3. The number of aryl methyl sites for hydroxylation is 2. The third-order valence-electron chi connectivity index (χ3n) is 5.85. The molecule has 3 rings (SSSR count). The van der Waals surface area contributed by atoms with Crippen LogP contribution < -0.4 is 9.80 Å². The number of nitrogens with zero attached hydrogens (tertiary/aromatic N) is 2. The molecule has 0 N–H and O–H groups in total. The molecule has 0 spiro atoms. The zero-order valence-electron chi connectivity index (χ0n) is 20.1. The fraction of sp³-hybridized carbons (Fsp3) is 0.385. The summed E-state index contributed by atoms with van der Waals surface area (Å²) in [6.45, 7) is 4.38. The molecule has 1 heterocycles. The lowest BCUT2D eigenvalue weighted by molar-refractivity contribution is -0.142. The summed E-state index contributed by atoms with van der Waals surface area (Å²) in [4.78, 5) is 53.1. The summed E-state index contributed by atoms with van der Waals surface area (Å²) >= 11 is 0.